The van der Waals surface area contributed by atoms with Gasteiger partial charge in [0, 0.05) is 13.1 Å². The summed E-state index contributed by atoms with van der Waals surface area (Å²) in [6.45, 7) is 8.30. The lowest BCUT2D eigenvalue weighted by atomic mass is 10.3. The Balaban J connectivity index is 2.25. The van der Waals surface area contributed by atoms with Gasteiger partial charge in [0.25, 0.3) is 0 Å². The molecule has 0 aliphatic carbocycles. The van der Waals surface area contributed by atoms with Crippen LogP contribution in [0.5, 0.6) is 0 Å². The third-order valence-corrected chi connectivity index (χ3v) is 3.41. The Morgan fingerprint density at radius 2 is 1.94 bits per heavy atom. The highest BCUT2D eigenvalue weighted by Gasteiger charge is 2.10. The number of benzene rings is 1. The van der Waals surface area contributed by atoms with E-state index in [0.717, 1.165) is 43.0 Å². The van der Waals surface area contributed by atoms with E-state index in [9.17, 15) is 5.11 Å². The highest BCUT2D eigenvalue weighted by molar-refractivity contribution is 5.75. The van der Waals surface area contributed by atoms with Gasteiger partial charge in [-0.2, -0.15) is 0 Å². The second kappa shape index (κ2) is 5.98. The number of aliphatic hydroxyl groups excluding tert-OH is 1. The average molecular weight is 247 g/mol. The van der Waals surface area contributed by atoms with Gasteiger partial charge in [0.05, 0.1) is 11.0 Å². The molecule has 4 nitrogen and oxygen atoms in total. The SMILES string of the molecule is CCN(CC)CCn1c(CO)nc2ccccc21. The van der Waals surface area contributed by atoms with Crippen LogP contribution >= 0.6 is 0 Å². The zero-order valence-electron chi connectivity index (χ0n) is 11.1. The van der Waals surface area contributed by atoms with Crippen molar-refractivity contribution in [1.29, 1.82) is 0 Å². The summed E-state index contributed by atoms with van der Waals surface area (Å²) in [5.41, 5.74) is 2.06. The fraction of sp³-hybridized carbons (Fsp3) is 0.500. The number of para-hydroxylation sites is 2. The minimum atomic E-state index is -0.00701. The van der Waals surface area contributed by atoms with Crippen molar-refractivity contribution in [2.75, 3.05) is 19.6 Å². The van der Waals surface area contributed by atoms with Gasteiger partial charge >= 0.3 is 0 Å². The minimum Gasteiger partial charge on any atom is -0.388 e. The summed E-state index contributed by atoms with van der Waals surface area (Å²) >= 11 is 0. The lowest BCUT2D eigenvalue weighted by Gasteiger charge is -2.19. The van der Waals surface area contributed by atoms with Crippen LogP contribution in [0.15, 0.2) is 24.3 Å². The zero-order chi connectivity index (χ0) is 13.0. The van der Waals surface area contributed by atoms with Crippen LogP contribution in [0.1, 0.15) is 19.7 Å². The Kier molecular flexibility index (Phi) is 4.33. The lowest BCUT2D eigenvalue weighted by molar-refractivity contribution is 0.256. The first-order valence-electron chi connectivity index (χ1n) is 6.57. The van der Waals surface area contributed by atoms with Crippen molar-refractivity contribution in [2.24, 2.45) is 0 Å². The maximum atomic E-state index is 9.40. The minimum absolute atomic E-state index is 0.00701. The van der Waals surface area contributed by atoms with Crippen LogP contribution in [0.25, 0.3) is 11.0 Å². The van der Waals surface area contributed by atoms with Gasteiger partial charge in [0.1, 0.15) is 12.4 Å². The van der Waals surface area contributed by atoms with E-state index in [0.29, 0.717) is 0 Å². The van der Waals surface area contributed by atoms with E-state index in [1.54, 1.807) is 0 Å². The van der Waals surface area contributed by atoms with Crippen molar-refractivity contribution in [3.8, 4) is 0 Å². The van der Waals surface area contributed by atoms with Gasteiger partial charge in [-0.15, -0.1) is 0 Å². The van der Waals surface area contributed by atoms with Crippen LogP contribution < -0.4 is 0 Å². The topological polar surface area (TPSA) is 41.3 Å². The molecule has 98 valence electrons. The number of hydrogen-bond donors (Lipinski definition) is 1. The Bertz CT molecular complexity index is 503. The number of likely N-dealkylation sites (N-methyl/N-ethyl adjacent to an activating group) is 1. The molecule has 0 saturated carbocycles. The molecule has 0 aliphatic rings. The number of fused-ring (bicyclic) bond motifs is 1. The summed E-state index contributed by atoms with van der Waals surface area (Å²) in [4.78, 5) is 6.83. The summed E-state index contributed by atoms with van der Waals surface area (Å²) in [5.74, 6) is 0.753. The molecule has 0 atom stereocenters. The first kappa shape index (κ1) is 13.1. The van der Waals surface area contributed by atoms with E-state index in [-0.39, 0.29) is 6.61 Å². The lowest BCUT2D eigenvalue weighted by Crippen LogP contribution is -2.27. The fourth-order valence-electron chi connectivity index (χ4n) is 2.28. The molecule has 0 saturated heterocycles. The summed E-state index contributed by atoms with van der Waals surface area (Å²) in [5, 5.41) is 9.40. The van der Waals surface area contributed by atoms with Gasteiger partial charge in [-0.05, 0) is 25.2 Å². The fourth-order valence-corrected chi connectivity index (χ4v) is 2.28. The van der Waals surface area contributed by atoms with Crippen LogP contribution in [0.2, 0.25) is 0 Å². The predicted molar refractivity (Wildman–Crippen MR) is 73.4 cm³/mol. The standard InChI is InChI=1S/C14H21N3O/c1-3-16(4-2)9-10-17-13-8-6-5-7-12(13)15-14(17)11-18/h5-8,18H,3-4,9-11H2,1-2H3. The molecule has 1 heterocycles. The molecule has 1 aromatic carbocycles. The van der Waals surface area contributed by atoms with Crippen LogP contribution in [-0.4, -0.2) is 39.2 Å². The van der Waals surface area contributed by atoms with Gasteiger partial charge in [-0.3, -0.25) is 0 Å². The monoisotopic (exact) mass is 247 g/mol. The van der Waals surface area contributed by atoms with Crippen molar-refractivity contribution in [3.63, 3.8) is 0 Å². The number of aromatic nitrogens is 2. The molecular formula is C14H21N3O. The Morgan fingerprint density at radius 3 is 2.61 bits per heavy atom. The predicted octanol–water partition coefficient (Wildman–Crippen LogP) is 1.87. The molecule has 1 N–H and O–H groups in total. The number of imidazole rings is 1. The van der Waals surface area contributed by atoms with Crippen molar-refractivity contribution in [2.45, 2.75) is 27.0 Å². The molecule has 4 heteroatoms. The third kappa shape index (κ3) is 2.54. The molecule has 2 aromatic rings. The Labute approximate surface area is 108 Å². The largest absolute Gasteiger partial charge is 0.388 e. The van der Waals surface area contributed by atoms with Gasteiger partial charge in [0.15, 0.2) is 0 Å². The van der Waals surface area contributed by atoms with E-state index >= 15 is 0 Å². The average Bonchev–Trinajstić information content (AvgIpc) is 2.78. The number of nitrogens with zero attached hydrogens (tertiary/aromatic N) is 3. The quantitative estimate of drug-likeness (QED) is 0.847. The molecule has 0 bridgehead atoms. The van der Waals surface area contributed by atoms with E-state index in [4.69, 9.17) is 0 Å². The van der Waals surface area contributed by atoms with Crippen molar-refractivity contribution < 1.29 is 5.11 Å². The van der Waals surface area contributed by atoms with Crippen LogP contribution in [-0.2, 0) is 13.2 Å². The van der Waals surface area contributed by atoms with Gasteiger partial charge in [-0.1, -0.05) is 26.0 Å². The van der Waals surface area contributed by atoms with Crippen LogP contribution in [0.3, 0.4) is 0 Å². The number of hydrogen-bond acceptors (Lipinski definition) is 3. The molecule has 0 unspecified atom stereocenters. The van der Waals surface area contributed by atoms with Gasteiger partial charge < -0.3 is 14.6 Å². The Morgan fingerprint density at radius 1 is 1.22 bits per heavy atom. The molecule has 2 rings (SSSR count). The molecular weight excluding hydrogens is 226 g/mol. The second-order valence-electron chi connectivity index (χ2n) is 4.35. The molecule has 1 aromatic heterocycles. The first-order chi connectivity index (χ1) is 8.80. The first-order valence-corrected chi connectivity index (χ1v) is 6.57. The maximum absolute atomic E-state index is 9.40. The normalized spacial score (nSPS) is 11.6. The van der Waals surface area contributed by atoms with Crippen molar-refractivity contribution >= 4 is 11.0 Å². The molecule has 0 aliphatic heterocycles. The van der Waals surface area contributed by atoms with Crippen molar-refractivity contribution in [3.05, 3.63) is 30.1 Å². The van der Waals surface area contributed by atoms with Gasteiger partial charge in [0.2, 0.25) is 0 Å². The highest BCUT2D eigenvalue weighted by Crippen LogP contribution is 2.16. The van der Waals surface area contributed by atoms with E-state index in [1.165, 1.54) is 0 Å². The molecule has 0 amide bonds. The number of aliphatic hydroxyl groups is 1. The van der Waals surface area contributed by atoms with E-state index in [2.05, 4.69) is 34.4 Å². The number of rotatable bonds is 6. The molecule has 18 heavy (non-hydrogen) atoms. The van der Waals surface area contributed by atoms with Crippen LogP contribution in [0.4, 0.5) is 0 Å². The van der Waals surface area contributed by atoms with E-state index < -0.39 is 0 Å². The van der Waals surface area contributed by atoms with Gasteiger partial charge in [-0.25, -0.2) is 4.98 Å². The third-order valence-electron chi connectivity index (χ3n) is 3.41. The second-order valence-corrected chi connectivity index (χ2v) is 4.35. The summed E-state index contributed by atoms with van der Waals surface area (Å²) in [6.07, 6.45) is 0. The zero-order valence-corrected chi connectivity index (χ0v) is 11.1. The summed E-state index contributed by atoms with van der Waals surface area (Å²) in [7, 11) is 0. The highest BCUT2D eigenvalue weighted by atomic mass is 16.3. The smallest absolute Gasteiger partial charge is 0.135 e. The molecule has 0 radical (unpaired) electrons. The molecule has 0 fully saturated rings. The molecule has 0 spiro atoms. The summed E-state index contributed by atoms with van der Waals surface area (Å²) < 4.78 is 2.12. The van der Waals surface area contributed by atoms with Crippen molar-refractivity contribution in [1.82, 2.24) is 14.5 Å². The summed E-state index contributed by atoms with van der Waals surface area (Å²) in [6, 6.07) is 8.04. The Hall–Kier alpha value is -1.39. The van der Waals surface area contributed by atoms with Crippen LogP contribution in [0, 0.1) is 0 Å². The maximum Gasteiger partial charge on any atom is 0.135 e. The van der Waals surface area contributed by atoms with E-state index in [1.807, 2.05) is 18.2 Å².